The van der Waals surface area contributed by atoms with Gasteiger partial charge in [-0.25, -0.2) is 15.0 Å². The van der Waals surface area contributed by atoms with Crippen LogP contribution in [-0.2, 0) is 20.8 Å². The summed E-state index contributed by atoms with van der Waals surface area (Å²) >= 11 is 0. The van der Waals surface area contributed by atoms with Crippen molar-refractivity contribution in [2.75, 3.05) is 17.7 Å². The van der Waals surface area contributed by atoms with Gasteiger partial charge in [-0.2, -0.15) is 0 Å². The number of amides is 3. The lowest BCUT2D eigenvalue weighted by atomic mass is 9.75. The van der Waals surface area contributed by atoms with Gasteiger partial charge in [0.15, 0.2) is 0 Å². The van der Waals surface area contributed by atoms with Crippen LogP contribution in [0.1, 0.15) is 56.9 Å². The van der Waals surface area contributed by atoms with E-state index in [1.807, 2.05) is 0 Å². The maximum atomic E-state index is 13.7. The van der Waals surface area contributed by atoms with Crippen LogP contribution in [0.25, 0.3) is 0 Å². The molecule has 5 rings (SSSR count). The minimum absolute atomic E-state index is 0.228. The van der Waals surface area contributed by atoms with Gasteiger partial charge in [0.2, 0.25) is 17.8 Å². The molecule has 2 aliphatic carbocycles. The molecule has 0 unspecified atom stereocenters. The first-order valence-corrected chi connectivity index (χ1v) is 13.0. The maximum absolute atomic E-state index is 13.7. The average molecular weight is 491 g/mol. The minimum Gasteiger partial charge on any atom is -0.384 e. The van der Waals surface area contributed by atoms with E-state index in [1.165, 1.54) is 29.1 Å². The highest BCUT2D eigenvalue weighted by Crippen LogP contribution is 2.47. The zero-order valence-electron chi connectivity index (χ0n) is 20.8. The molecule has 1 saturated heterocycles. The van der Waals surface area contributed by atoms with Crippen molar-refractivity contribution in [1.82, 2.24) is 19.9 Å². The lowest BCUT2D eigenvalue weighted by molar-refractivity contribution is -0.171. The Bertz CT molecular complexity index is 1120. The van der Waals surface area contributed by atoms with E-state index in [0.29, 0.717) is 36.4 Å². The summed E-state index contributed by atoms with van der Waals surface area (Å²) in [6.07, 6.45) is 13.7. The second kappa shape index (κ2) is 10.3. The minimum atomic E-state index is -0.889. The Morgan fingerprint density at radius 2 is 1.75 bits per heavy atom. The third-order valence-corrected chi connectivity index (χ3v) is 8.11. The predicted molar refractivity (Wildman–Crippen MR) is 134 cm³/mol. The number of β-lactam (4-membered cyclic amide) rings is 1. The fourth-order valence-electron chi connectivity index (χ4n) is 6.05. The molecule has 0 aromatic carbocycles. The SMILES string of the molecule is CN(C(=O)[C@@H]1[C@@H](Cc2ccnc(N)c2)C(=O)N1C(=O)C[C@@H](C1CCCCC1)C1CC1)c1ncccn1. The zero-order valence-corrected chi connectivity index (χ0v) is 20.8. The average Bonchev–Trinajstić information content (AvgIpc) is 3.74. The van der Waals surface area contributed by atoms with Gasteiger partial charge in [-0.3, -0.25) is 24.2 Å². The van der Waals surface area contributed by atoms with Crippen LogP contribution in [0.3, 0.4) is 0 Å². The van der Waals surface area contributed by atoms with E-state index in [4.69, 9.17) is 5.73 Å². The first-order chi connectivity index (χ1) is 17.4. The Hall–Kier alpha value is -3.36. The van der Waals surface area contributed by atoms with Crippen LogP contribution in [0.4, 0.5) is 11.8 Å². The van der Waals surface area contributed by atoms with Crippen LogP contribution < -0.4 is 10.6 Å². The van der Waals surface area contributed by atoms with Crippen LogP contribution in [-0.4, -0.2) is 50.7 Å². The summed E-state index contributed by atoms with van der Waals surface area (Å²) in [4.78, 5) is 55.5. The number of likely N-dealkylation sites (N-methyl/N-ethyl adjacent to an activating group) is 1. The van der Waals surface area contributed by atoms with Gasteiger partial charge in [-0.1, -0.05) is 32.1 Å². The summed E-state index contributed by atoms with van der Waals surface area (Å²) in [5.74, 6) is 0.461. The highest BCUT2D eigenvalue weighted by Gasteiger charge is 2.55. The first-order valence-electron chi connectivity index (χ1n) is 13.0. The van der Waals surface area contributed by atoms with Crippen LogP contribution in [0.15, 0.2) is 36.8 Å². The number of nitrogens with zero attached hydrogens (tertiary/aromatic N) is 5. The Kier molecular flexibility index (Phi) is 6.98. The number of carbonyl (C=O) groups excluding carboxylic acids is 3. The standard InChI is InChI=1S/C27H34N6O3/c1-32(27-30-11-5-12-31-27)26(36)24-21(14-17-10-13-29-22(28)15-17)25(35)33(24)23(34)16-20(19-8-9-19)18-6-3-2-4-7-18/h5,10-13,15,18-21,24H,2-4,6-9,14,16H2,1H3,(H2,28,29)/t20-,21+,24-/m0/s1. The lowest BCUT2D eigenvalue weighted by Gasteiger charge is -2.46. The molecule has 3 aliphatic rings. The van der Waals surface area contributed by atoms with Crippen molar-refractivity contribution in [1.29, 1.82) is 0 Å². The summed E-state index contributed by atoms with van der Waals surface area (Å²) in [6, 6.07) is 4.27. The van der Waals surface area contributed by atoms with Crippen LogP contribution in [0, 0.1) is 23.7 Å². The topological polar surface area (TPSA) is 122 Å². The molecule has 36 heavy (non-hydrogen) atoms. The smallest absolute Gasteiger partial charge is 0.253 e. The molecular weight excluding hydrogens is 456 g/mol. The van der Waals surface area contributed by atoms with E-state index < -0.39 is 12.0 Å². The van der Waals surface area contributed by atoms with Gasteiger partial charge in [0, 0.05) is 32.1 Å². The van der Waals surface area contributed by atoms with Crippen LogP contribution in [0.2, 0.25) is 0 Å². The van der Waals surface area contributed by atoms with Crippen molar-refractivity contribution in [3.05, 3.63) is 42.4 Å². The quantitative estimate of drug-likeness (QED) is 0.564. The van der Waals surface area contributed by atoms with E-state index in [1.54, 1.807) is 43.8 Å². The molecular formula is C27H34N6O3. The number of aromatic nitrogens is 3. The van der Waals surface area contributed by atoms with Crippen molar-refractivity contribution in [3.63, 3.8) is 0 Å². The molecule has 2 N–H and O–H groups in total. The van der Waals surface area contributed by atoms with E-state index in [9.17, 15) is 14.4 Å². The molecule has 0 spiro atoms. The van der Waals surface area contributed by atoms with Gasteiger partial charge in [-0.05, 0) is 60.8 Å². The summed E-state index contributed by atoms with van der Waals surface area (Å²) in [6.45, 7) is 0. The molecule has 3 heterocycles. The van der Waals surface area contributed by atoms with Gasteiger partial charge in [-0.15, -0.1) is 0 Å². The number of anilines is 2. The molecule has 2 aromatic rings. The Morgan fingerprint density at radius 1 is 1.06 bits per heavy atom. The Morgan fingerprint density at radius 3 is 2.42 bits per heavy atom. The number of rotatable bonds is 8. The predicted octanol–water partition coefficient (Wildman–Crippen LogP) is 3.01. The lowest BCUT2D eigenvalue weighted by Crippen LogP contribution is -2.69. The number of nitrogens with two attached hydrogens (primary N) is 1. The monoisotopic (exact) mass is 490 g/mol. The van der Waals surface area contributed by atoms with Crippen molar-refractivity contribution in [3.8, 4) is 0 Å². The fourth-order valence-corrected chi connectivity index (χ4v) is 6.05. The number of imide groups is 1. The van der Waals surface area contributed by atoms with E-state index in [0.717, 1.165) is 31.2 Å². The van der Waals surface area contributed by atoms with Gasteiger partial charge in [0.25, 0.3) is 5.91 Å². The summed E-state index contributed by atoms with van der Waals surface area (Å²) in [7, 11) is 1.58. The highest BCUT2D eigenvalue weighted by atomic mass is 16.2. The molecule has 0 radical (unpaired) electrons. The Labute approximate surface area is 211 Å². The molecule has 0 bridgehead atoms. The van der Waals surface area contributed by atoms with Crippen LogP contribution >= 0.6 is 0 Å². The number of nitrogen functional groups attached to an aromatic ring is 1. The molecule has 2 aromatic heterocycles. The largest absolute Gasteiger partial charge is 0.384 e. The zero-order chi connectivity index (χ0) is 25.2. The van der Waals surface area contributed by atoms with Crippen molar-refractivity contribution < 1.29 is 14.4 Å². The number of likely N-dealkylation sites (tertiary alicyclic amines) is 1. The molecule has 1 aliphatic heterocycles. The van der Waals surface area contributed by atoms with Gasteiger partial charge < -0.3 is 5.73 Å². The number of carbonyl (C=O) groups is 3. The van der Waals surface area contributed by atoms with Crippen molar-refractivity contribution >= 4 is 29.5 Å². The second-order valence-corrected chi connectivity index (χ2v) is 10.5. The summed E-state index contributed by atoms with van der Waals surface area (Å²) in [5.41, 5.74) is 6.64. The van der Waals surface area contributed by atoms with E-state index >= 15 is 0 Å². The molecule has 3 amide bonds. The molecule has 3 fully saturated rings. The second-order valence-electron chi connectivity index (χ2n) is 10.5. The third kappa shape index (κ3) is 4.96. The van der Waals surface area contributed by atoms with E-state index in [-0.39, 0.29) is 23.7 Å². The number of hydrogen-bond acceptors (Lipinski definition) is 7. The van der Waals surface area contributed by atoms with Crippen molar-refractivity contribution in [2.45, 2.75) is 63.8 Å². The number of pyridine rings is 1. The summed E-state index contributed by atoms with van der Waals surface area (Å²) < 4.78 is 0. The molecule has 9 nitrogen and oxygen atoms in total. The number of hydrogen-bond donors (Lipinski definition) is 1. The molecule has 190 valence electrons. The van der Waals surface area contributed by atoms with Crippen LogP contribution in [0.5, 0.6) is 0 Å². The highest BCUT2D eigenvalue weighted by molar-refractivity contribution is 6.12. The Balaban J connectivity index is 1.37. The third-order valence-electron chi connectivity index (χ3n) is 8.11. The van der Waals surface area contributed by atoms with Gasteiger partial charge >= 0.3 is 0 Å². The molecule has 9 heteroatoms. The summed E-state index contributed by atoms with van der Waals surface area (Å²) in [5, 5.41) is 0. The van der Waals surface area contributed by atoms with Crippen molar-refractivity contribution in [2.24, 2.45) is 23.7 Å². The first kappa shape index (κ1) is 24.3. The molecule has 2 saturated carbocycles. The van der Waals surface area contributed by atoms with Gasteiger partial charge in [0.1, 0.15) is 11.9 Å². The molecule has 3 atom stereocenters. The normalized spacial score (nSPS) is 23.1. The maximum Gasteiger partial charge on any atom is 0.253 e. The van der Waals surface area contributed by atoms with E-state index in [2.05, 4.69) is 15.0 Å². The van der Waals surface area contributed by atoms with Gasteiger partial charge in [0.05, 0.1) is 5.92 Å². The fraction of sp³-hybridized carbons (Fsp3) is 0.556.